The topological polar surface area (TPSA) is 23.5 Å². The first-order chi connectivity index (χ1) is 7.76. The highest BCUT2D eigenvalue weighted by Crippen LogP contribution is 2.39. The smallest absolute Gasteiger partial charge is 0.0695 e. The van der Waals surface area contributed by atoms with Gasteiger partial charge in [0.05, 0.1) is 6.10 Å². The monoisotopic (exact) mass is 225 g/mol. The number of aliphatic hydroxyl groups excluding tert-OH is 1. The largest absolute Gasteiger partial charge is 0.391 e. The van der Waals surface area contributed by atoms with Gasteiger partial charge in [0.1, 0.15) is 0 Å². The maximum atomic E-state index is 10.2. The Kier molecular flexibility index (Phi) is 4.26. The molecule has 2 nitrogen and oxygen atoms in total. The van der Waals surface area contributed by atoms with Crippen molar-refractivity contribution in [3.8, 4) is 0 Å². The van der Waals surface area contributed by atoms with Gasteiger partial charge in [-0.1, -0.05) is 26.7 Å². The van der Waals surface area contributed by atoms with Crippen LogP contribution in [0.3, 0.4) is 0 Å². The molecule has 0 aromatic rings. The molecule has 2 rings (SSSR count). The van der Waals surface area contributed by atoms with Crippen LogP contribution in [0, 0.1) is 11.8 Å². The summed E-state index contributed by atoms with van der Waals surface area (Å²) in [6.45, 7) is 6.89. The molecule has 1 saturated carbocycles. The molecule has 0 bridgehead atoms. The zero-order valence-electron chi connectivity index (χ0n) is 10.9. The Morgan fingerprint density at radius 3 is 2.31 bits per heavy atom. The van der Waals surface area contributed by atoms with Gasteiger partial charge in [-0.3, -0.25) is 4.90 Å². The fraction of sp³-hybridized carbons (Fsp3) is 1.00. The maximum Gasteiger partial charge on any atom is 0.0695 e. The third-order valence-electron chi connectivity index (χ3n) is 4.67. The van der Waals surface area contributed by atoms with Gasteiger partial charge in [0.15, 0.2) is 0 Å². The van der Waals surface area contributed by atoms with Gasteiger partial charge in [-0.15, -0.1) is 0 Å². The normalized spacial score (nSPS) is 33.9. The number of hydrogen-bond donors (Lipinski definition) is 1. The van der Waals surface area contributed by atoms with E-state index in [2.05, 4.69) is 18.7 Å². The molecule has 0 amide bonds. The van der Waals surface area contributed by atoms with E-state index >= 15 is 0 Å². The molecule has 1 aliphatic carbocycles. The van der Waals surface area contributed by atoms with Crippen molar-refractivity contribution < 1.29 is 5.11 Å². The second-order valence-corrected chi connectivity index (χ2v) is 5.74. The van der Waals surface area contributed by atoms with Crippen LogP contribution in [0.15, 0.2) is 0 Å². The van der Waals surface area contributed by atoms with Crippen LogP contribution in [-0.4, -0.2) is 35.2 Å². The SMILES string of the molecule is CCCC(O)C(CC)N1CC2CCCC2C1. The molecule has 2 heteroatoms. The van der Waals surface area contributed by atoms with Gasteiger partial charge < -0.3 is 5.11 Å². The van der Waals surface area contributed by atoms with E-state index in [1.54, 1.807) is 0 Å². The van der Waals surface area contributed by atoms with E-state index < -0.39 is 0 Å². The van der Waals surface area contributed by atoms with Crippen molar-refractivity contribution in [2.24, 2.45) is 11.8 Å². The molecule has 0 spiro atoms. The summed E-state index contributed by atoms with van der Waals surface area (Å²) in [6, 6.07) is 0.422. The molecule has 1 saturated heterocycles. The Hall–Kier alpha value is -0.0800. The van der Waals surface area contributed by atoms with E-state index in [0.29, 0.717) is 6.04 Å². The van der Waals surface area contributed by atoms with Crippen molar-refractivity contribution in [1.82, 2.24) is 4.90 Å². The number of hydrogen-bond acceptors (Lipinski definition) is 2. The van der Waals surface area contributed by atoms with Crippen molar-refractivity contribution in [2.45, 2.75) is 64.5 Å². The van der Waals surface area contributed by atoms with Crippen LogP contribution < -0.4 is 0 Å². The quantitative estimate of drug-likeness (QED) is 0.777. The van der Waals surface area contributed by atoms with Crippen molar-refractivity contribution in [1.29, 1.82) is 0 Å². The van der Waals surface area contributed by atoms with E-state index in [4.69, 9.17) is 0 Å². The van der Waals surface area contributed by atoms with Gasteiger partial charge >= 0.3 is 0 Å². The number of aliphatic hydroxyl groups is 1. The summed E-state index contributed by atoms with van der Waals surface area (Å²) in [5.74, 6) is 1.89. The fourth-order valence-corrected chi connectivity index (χ4v) is 3.80. The summed E-state index contributed by atoms with van der Waals surface area (Å²) >= 11 is 0. The second-order valence-electron chi connectivity index (χ2n) is 5.74. The van der Waals surface area contributed by atoms with Crippen LogP contribution in [-0.2, 0) is 0 Å². The minimum Gasteiger partial charge on any atom is -0.391 e. The van der Waals surface area contributed by atoms with Crippen LogP contribution in [0.2, 0.25) is 0 Å². The van der Waals surface area contributed by atoms with Crippen molar-refractivity contribution in [2.75, 3.05) is 13.1 Å². The predicted octanol–water partition coefficient (Wildman–Crippen LogP) is 2.66. The van der Waals surface area contributed by atoms with Crippen LogP contribution in [0.4, 0.5) is 0 Å². The van der Waals surface area contributed by atoms with Crippen molar-refractivity contribution in [3.63, 3.8) is 0 Å². The Morgan fingerprint density at radius 2 is 1.81 bits per heavy atom. The van der Waals surface area contributed by atoms with Gasteiger partial charge in [-0.2, -0.15) is 0 Å². The molecule has 2 aliphatic rings. The van der Waals surface area contributed by atoms with E-state index in [1.807, 2.05) is 0 Å². The standard InChI is InChI=1S/C14H27NO/c1-3-6-14(16)13(4-2)15-9-11-7-5-8-12(11)10-15/h11-14,16H,3-10H2,1-2H3. The highest BCUT2D eigenvalue weighted by molar-refractivity contribution is 4.92. The van der Waals surface area contributed by atoms with Crippen LogP contribution >= 0.6 is 0 Å². The molecule has 2 fully saturated rings. The predicted molar refractivity (Wildman–Crippen MR) is 67.4 cm³/mol. The van der Waals surface area contributed by atoms with Crippen molar-refractivity contribution in [3.05, 3.63) is 0 Å². The third-order valence-corrected chi connectivity index (χ3v) is 4.67. The zero-order chi connectivity index (χ0) is 11.5. The Balaban J connectivity index is 1.90. The maximum absolute atomic E-state index is 10.2. The molecule has 4 unspecified atom stereocenters. The summed E-state index contributed by atoms with van der Waals surface area (Å²) in [5.41, 5.74) is 0. The lowest BCUT2D eigenvalue weighted by atomic mass is 10.0. The number of likely N-dealkylation sites (tertiary alicyclic amines) is 1. The average Bonchev–Trinajstić information content (AvgIpc) is 2.79. The molecule has 0 radical (unpaired) electrons. The van der Waals surface area contributed by atoms with Gasteiger partial charge in [0, 0.05) is 19.1 Å². The molecule has 0 aromatic carbocycles. The highest BCUT2D eigenvalue weighted by atomic mass is 16.3. The Bertz CT molecular complexity index is 207. The highest BCUT2D eigenvalue weighted by Gasteiger charge is 2.39. The van der Waals surface area contributed by atoms with Crippen molar-refractivity contribution >= 4 is 0 Å². The molecule has 0 aromatic heterocycles. The lowest BCUT2D eigenvalue weighted by Gasteiger charge is -2.31. The van der Waals surface area contributed by atoms with Crippen LogP contribution in [0.1, 0.15) is 52.4 Å². The van der Waals surface area contributed by atoms with E-state index in [-0.39, 0.29) is 6.10 Å². The zero-order valence-corrected chi connectivity index (χ0v) is 10.9. The van der Waals surface area contributed by atoms with E-state index in [1.165, 1.54) is 32.4 Å². The molecule has 1 aliphatic heterocycles. The van der Waals surface area contributed by atoms with E-state index in [9.17, 15) is 5.11 Å². The summed E-state index contributed by atoms with van der Waals surface area (Å²) in [7, 11) is 0. The molecule has 94 valence electrons. The molecule has 16 heavy (non-hydrogen) atoms. The minimum absolute atomic E-state index is 0.103. The first-order valence-corrected chi connectivity index (χ1v) is 7.18. The summed E-state index contributed by atoms with van der Waals surface area (Å²) < 4.78 is 0. The average molecular weight is 225 g/mol. The van der Waals surface area contributed by atoms with Crippen LogP contribution in [0.25, 0.3) is 0 Å². The molecular formula is C14H27NO. The Labute approximate surface area is 100 Å². The van der Waals surface area contributed by atoms with Gasteiger partial charge in [-0.05, 0) is 37.5 Å². The summed E-state index contributed by atoms with van der Waals surface area (Å²) in [6.07, 6.45) is 7.36. The Morgan fingerprint density at radius 1 is 1.19 bits per heavy atom. The molecule has 4 atom stereocenters. The first kappa shape index (κ1) is 12.4. The van der Waals surface area contributed by atoms with Crippen LogP contribution in [0.5, 0.6) is 0 Å². The minimum atomic E-state index is -0.103. The summed E-state index contributed by atoms with van der Waals surface area (Å²) in [5, 5.41) is 10.2. The third kappa shape index (κ3) is 2.43. The van der Waals surface area contributed by atoms with Gasteiger partial charge in [0.25, 0.3) is 0 Å². The lowest BCUT2D eigenvalue weighted by molar-refractivity contribution is 0.0490. The molecule has 1 N–H and O–H groups in total. The number of fused-ring (bicyclic) bond motifs is 1. The summed E-state index contributed by atoms with van der Waals surface area (Å²) in [4.78, 5) is 2.58. The van der Waals surface area contributed by atoms with Gasteiger partial charge in [0.2, 0.25) is 0 Å². The number of rotatable bonds is 5. The molecular weight excluding hydrogens is 198 g/mol. The molecule has 1 heterocycles. The fourth-order valence-electron chi connectivity index (χ4n) is 3.80. The van der Waals surface area contributed by atoms with Gasteiger partial charge in [-0.25, -0.2) is 0 Å². The number of nitrogens with zero attached hydrogens (tertiary/aromatic N) is 1. The second kappa shape index (κ2) is 5.50. The van der Waals surface area contributed by atoms with E-state index in [0.717, 1.165) is 31.1 Å². The lowest BCUT2D eigenvalue weighted by Crippen LogP contribution is -2.42. The first-order valence-electron chi connectivity index (χ1n) is 7.18.